The molecule has 9 nitrogen and oxygen atoms in total. The van der Waals surface area contributed by atoms with E-state index in [-0.39, 0.29) is 48.7 Å². The fourth-order valence-electron chi connectivity index (χ4n) is 3.79. The molecule has 0 aliphatic carbocycles. The first kappa shape index (κ1) is 24.0. The van der Waals surface area contributed by atoms with E-state index in [1.807, 2.05) is 18.7 Å². The summed E-state index contributed by atoms with van der Waals surface area (Å²) in [5, 5.41) is 5.54. The van der Waals surface area contributed by atoms with Gasteiger partial charge >= 0.3 is 6.09 Å². The van der Waals surface area contributed by atoms with Crippen LogP contribution in [0, 0.1) is 5.92 Å². The highest BCUT2D eigenvalue weighted by molar-refractivity contribution is 5.89. The van der Waals surface area contributed by atoms with E-state index in [1.165, 1.54) is 0 Å². The Morgan fingerprint density at radius 3 is 2.33 bits per heavy atom. The molecular weight excluding hydrogens is 388 g/mol. The van der Waals surface area contributed by atoms with Gasteiger partial charge in [-0.25, -0.2) is 4.79 Å². The van der Waals surface area contributed by atoms with E-state index < -0.39 is 11.7 Å². The number of rotatable bonds is 6. The molecule has 4 amide bonds. The Labute approximate surface area is 178 Å². The second kappa shape index (κ2) is 10.1. The molecule has 0 spiro atoms. The molecule has 30 heavy (non-hydrogen) atoms. The average molecular weight is 425 g/mol. The van der Waals surface area contributed by atoms with E-state index in [4.69, 9.17) is 4.74 Å². The average Bonchev–Trinajstić information content (AvgIpc) is 3.02. The number of carbonyl (C=O) groups excluding carboxylic acids is 4. The summed E-state index contributed by atoms with van der Waals surface area (Å²) in [5.41, 5.74) is -0.573. The van der Waals surface area contributed by atoms with Crippen LogP contribution in [-0.4, -0.2) is 77.5 Å². The highest BCUT2D eigenvalue weighted by atomic mass is 16.6. The zero-order valence-electron chi connectivity index (χ0n) is 18.8. The number of ether oxygens (including phenoxy) is 1. The molecule has 2 saturated heterocycles. The van der Waals surface area contributed by atoms with Crippen molar-refractivity contribution in [1.29, 1.82) is 0 Å². The Morgan fingerprint density at radius 2 is 1.80 bits per heavy atom. The Bertz CT molecular complexity index is 650. The molecule has 0 saturated carbocycles. The molecule has 0 aromatic carbocycles. The van der Waals surface area contributed by atoms with Crippen molar-refractivity contribution in [3.05, 3.63) is 0 Å². The van der Waals surface area contributed by atoms with Crippen molar-refractivity contribution in [3.63, 3.8) is 0 Å². The third kappa shape index (κ3) is 7.18. The quantitative estimate of drug-likeness (QED) is 0.668. The van der Waals surface area contributed by atoms with E-state index in [2.05, 4.69) is 10.6 Å². The van der Waals surface area contributed by atoms with Crippen LogP contribution in [0.3, 0.4) is 0 Å². The van der Waals surface area contributed by atoms with Gasteiger partial charge in [0.1, 0.15) is 5.60 Å². The van der Waals surface area contributed by atoms with Crippen LogP contribution in [-0.2, 0) is 19.1 Å². The van der Waals surface area contributed by atoms with Crippen molar-refractivity contribution < 1.29 is 23.9 Å². The summed E-state index contributed by atoms with van der Waals surface area (Å²) in [6.45, 7) is 11.1. The molecular formula is C21H36N4O5. The predicted octanol–water partition coefficient (Wildman–Crippen LogP) is 1.27. The Morgan fingerprint density at radius 1 is 1.17 bits per heavy atom. The topological polar surface area (TPSA) is 108 Å². The van der Waals surface area contributed by atoms with Gasteiger partial charge in [0.15, 0.2) is 0 Å². The van der Waals surface area contributed by atoms with Crippen LogP contribution in [0.4, 0.5) is 4.79 Å². The smallest absolute Gasteiger partial charge is 0.407 e. The van der Waals surface area contributed by atoms with Crippen LogP contribution in [0.25, 0.3) is 0 Å². The maximum Gasteiger partial charge on any atom is 0.407 e. The summed E-state index contributed by atoms with van der Waals surface area (Å²) in [7, 11) is 0. The van der Waals surface area contributed by atoms with Gasteiger partial charge in [-0.15, -0.1) is 0 Å². The summed E-state index contributed by atoms with van der Waals surface area (Å²) in [4.78, 5) is 52.1. The Kier molecular flexibility index (Phi) is 8.09. The van der Waals surface area contributed by atoms with Crippen LogP contribution in [0.2, 0.25) is 0 Å². The van der Waals surface area contributed by atoms with Crippen molar-refractivity contribution in [1.82, 2.24) is 20.4 Å². The van der Waals surface area contributed by atoms with Crippen LogP contribution >= 0.6 is 0 Å². The first-order valence-corrected chi connectivity index (χ1v) is 10.8. The third-order valence-corrected chi connectivity index (χ3v) is 5.32. The molecule has 2 heterocycles. The third-order valence-electron chi connectivity index (χ3n) is 5.32. The van der Waals surface area contributed by atoms with E-state index in [0.29, 0.717) is 38.9 Å². The lowest BCUT2D eigenvalue weighted by molar-refractivity contribution is -0.137. The van der Waals surface area contributed by atoms with Gasteiger partial charge in [0.05, 0.1) is 5.92 Å². The first-order valence-electron chi connectivity index (χ1n) is 10.8. The molecule has 2 aliphatic rings. The van der Waals surface area contributed by atoms with Gasteiger partial charge in [-0.3, -0.25) is 14.4 Å². The molecule has 0 aromatic heterocycles. The number of piperidine rings is 1. The Hall–Kier alpha value is -2.32. The molecule has 2 aliphatic heterocycles. The predicted molar refractivity (Wildman–Crippen MR) is 112 cm³/mol. The molecule has 0 aromatic rings. The van der Waals surface area contributed by atoms with Crippen molar-refractivity contribution in [2.24, 2.45) is 5.92 Å². The van der Waals surface area contributed by atoms with Crippen LogP contribution in [0.1, 0.15) is 60.3 Å². The minimum atomic E-state index is -0.573. The van der Waals surface area contributed by atoms with E-state index in [1.54, 1.807) is 25.7 Å². The van der Waals surface area contributed by atoms with Crippen LogP contribution < -0.4 is 10.6 Å². The SMILES string of the molecule is CC(C)N1CC(C(=O)N2CCC(NC(=O)CCNC(=O)OC(C)(C)C)CC2)CC1=O. The molecule has 0 radical (unpaired) electrons. The summed E-state index contributed by atoms with van der Waals surface area (Å²) in [6, 6.07) is 0.126. The summed E-state index contributed by atoms with van der Waals surface area (Å²) >= 11 is 0. The number of amides is 4. The normalized spacial score (nSPS) is 20.5. The molecule has 1 unspecified atom stereocenters. The largest absolute Gasteiger partial charge is 0.444 e. The van der Waals surface area contributed by atoms with E-state index in [0.717, 1.165) is 0 Å². The molecule has 9 heteroatoms. The highest BCUT2D eigenvalue weighted by Crippen LogP contribution is 2.23. The minimum Gasteiger partial charge on any atom is -0.444 e. The molecule has 2 N–H and O–H groups in total. The second-order valence-corrected chi connectivity index (χ2v) is 9.39. The van der Waals surface area contributed by atoms with Gasteiger partial charge < -0.3 is 25.2 Å². The summed E-state index contributed by atoms with van der Waals surface area (Å²) in [5.74, 6) is -0.307. The number of alkyl carbamates (subject to hydrolysis) is 1. The molecule has 2 fully saturated rings. The fourth-order valence-corrected chi connectivity index (χ4v) is 3.79. The van der Waals surface area contributed by atoms with Gasteiger partial charge in [0.25, 0.3) is 0 Å². The monoisotopic (exact) mass is 424 g/mol. The van der Waals surface area contributed by atoms with Gasteiger partial charge in [-0.05, 0) is 47.5 Å². The second-order valence-electron chi connectivity index (χ2n) is 9.39. The standard InChI is InChI=1S/C21H36N4O5/c1-14(2)25-13-15(12-18(25)27)19(28)24-10-7-16(8-11-24)23-17(26)6-9-22-20(29)30-21(3,4)5/h14-16H,6-13H2,1-5H3,(H,22,29)(H,23,26). The first-order chi connectivity index (χ1) is 14.0. The minimum absolute atomic E-state index is 0.0143. The van der Waals surface area contributed by atoms with E-state index >= 15 is 0 Å². The number of likely N-dealkylation sites (tertiary alicyclic amines) is 2. The van der Waals surface area contributed by atoms with Crippen molar-refractivity contribution in [2.45, 2.75) is 78.0 Å². The van der Waals surface area contributed by atoms with Crippen LogP contribution in [0.15, 0.2) is 0 Å². The van der Waals surface area contributed by atoms with Gasteiger partial charge in [0.2, 0.25) is 17.7 Å². The van der Waals surface area contributed by atoms with Gasteiger partial charge in [-0.2, -0.15) is 0 Å². The number of nitrogens with one attached hydrogen (secondary N) is 2. The fraction of sp³-hybridized carbons (Fsp3) is 0.810. The van der Waals surface area contributed by atoms with Crippen molar-refractivity contribution in [2.75, 3.05) is 26.2 Å². The highest BCUT2D eigenvalue weighted by Gasteiger charge is 2.38. The van der Waals surface area contributed by atoms with Crippen LogP contribution in [0.5, 0.6) is 0 Å². The van der Waals surface area contributed by atoms with Crippen molar-refractivity contribution in [3.8, 4) is 0 Å². The maximum absolute atomic E-state index is 12.8. The van der Waals surface area contributed by atoms with Gasteiger partial charge in [0, 0.05) is 51.1 Å². The lowest BCUT2D eigenvalue weighted by Gasteiger charge is -2.34. The zero-order valence-corrected chi connectivity index (χ0v) is 18.8. The maximum atomic E-state index is 12.8. The lowest BCUT2D eigenvalue weighted by Crippen LogP contribution is -2.48. The number of nitrogens with zero attached hydrogens (tertiary/aromatic N) is 2. The van der Waals surface area contributed by atoms with Crippen molar-refractivity contribution >= 4 is 23.8 Å². The number of carbonyl (C=O) groups is 4. The molecule has 2 rings (SSSR count). The lowest BCUT2D eigenvalue weighted by atomic mass is 10.0. The number of hydrogen-bond acceptors (Lipinski definition) is 5. The number of hydrogen-bond donors (Lipinski definition) is 2. The zero-order chi connectivity index (χ0) is 22.5. The summed E-state index contributed by atoms with van der Waals surface area (Å²) < 4.78 is 5.13. The molecule has 170 valence electrons. The van der Waals surface area contributed by atoms with E-state index in [9.17, 15) is 19.2 Å². The molecule has 1 atom stereocenters. The molecule has 0 bridgehead atoms. The Balaban J connectivity index is 1.67. The van der Waals surface area contributed by atoms with Gasteiger partial charge in [-0.1, -0.05) is 0 Å². The summed E-state index contributed by atoms with van der Waals surface area (Å²) in [6.07, 6.45) is 1.30.